The number of piperidine rings is 1. The monoisotopic (exact) mass is 649 g/mol. The topological polar surface area (TPSA) is 105 Å². The number of amides is 3. The molecule has 0 N–H and O–H groups in total. The largest absolute Gasteiger partial charge is 0.379 e. The third kappa shape index (κ3) is 8.06. The fourth-order valence-electron chi connectivity index (χ4n) is 6.23. The summed E-state index contributed by atoms with van der Waals surface area (Å²) in [5.41, 5.74) is 1.88. The highest BCUT2D eigenvalue weighted by Crippen LogP contribution is 2.32. The minimum Gasteiger partial charge on any atom is -0.379 e. The zero-order valence-corrected chi connectivity index (χ0v) is 28.7. The van der Waals surface area contributed by atoms with Crippen molar-refractivity contribution < 1.29 is 28.3 Å². The standard InChI is InChI=1S/C31H36FN5O4.C5H12O/c1-4-36(20(2)3)30(40)24-16-22(32)7-8-26(24)37-18-25(23-9-12-33-17-28(23)37)29(39)21-10-14-34(15-11-21)31(41)27-6-5-13-35(27)19-38;1-5(2,3)6-4/h7-9,12,16-21,27H,4-6,10-11,13-15H2,1-3H3;1-4H3. The Bertz CT molecular complexity index is 1590. The lowest BCUT2D eigenvalue weighted by Gasteiger charge is -2.34. The molecule has 1 unspecified atom stereocenters. The number of Topliss-reactive ketones (excluding diaryl/α,β-unsaturated/α-hetero) is 1. The summed E-state index contributed by atoms with van der Waals surface area (Å²) >= 11 is 0. The van der Waals surface area contributed by atoms with Crippen LogP contribution >= 0.6 is 0 Å². The Balaban J connectivity index is 0.000000762. The van der Waals surface area contributed by atoms with E-state index in [1.165, 1.54) is 12.1 Å². The van der Waals surface area contributed by atoms with Gasteiger partial charge in [0.1, 0.15) is 11.9 Å². The molecule has 3 aromatic rings. The Morgan fingerprint density at radius 2 is 1.77 bits per heavy atom. The van der Waals surface area contributed by atoms with Crippen LogP contribution in [0.1, 0.15) is 87.9 Å². The third-order valence-corrected chi connectivity index (χ3v) is 9.05. The summed E-state index contributed by atoms with van der Waals surface area (Å²) in [4.78, 5) is 61.0. The zero-order chi connectivity index (χ0) is 34.5. The van der Waals surface area contributed by atoms with E-state index < -0.39 is 11.9 Å². The first-order chi connectivity index (χ1) is 22.3. The molecule has 2 fully saturated rings. The Labute approximate surface area is 276 Å². The minimum atomic E-state index is -0.516. The zero-order valence-electron chi connectivity index (χ0n) is 28.7. The quantitative estimate of drug-likeness (QED) is 0.236. The fraction of sp³-hybridized carbons (Fsp3) is 0.528. The third-order valence-electron chi connectivity index (χ3n) is 9.05. The van der Waals surface area contributed by atoms with Gasteiger partial charge in [0.05, 0.1) is 28.6 Å². The van der Waals surface area contributed by atoms with E-state index in [-0.39, 0.29) is 40.7 Å². The fourth-order valence-corrected chi connectivity index (χ4v) is 6.23. The van der Waals surface area contributed by atoms with Crippen molar-refractivity contribution in [1.29, 1.82) is 0 Å². The van der Waals surface area contributed by atoms with Crippen LogP contribution in [0.15, 0.2) is 42.9 Å². The molecular weight excluding hydrogens is 601 g/mol. The Kier molecular flexibility index (Phi) is 11.5. The van der Waals surface area contributed by atoms with Gasteiger partial charge in [-0.3, -0.25) is 24.2 Å². The van der Waals surface area contributed by atoms with Gasteiger partial charge in [0.2, 0.25) is 12.3 Å². The number of rotatable bonds is 8. The maximum atomic E-state index is 14.4. The van der Waals surface area contributed by atoms with E-state index in [0.29, 0.717) is 67.6 Å². The highest BCUT2D eigenvalue weighted by atomic mass is 19.1. The summed E-state index contributed by atoms with van der Waals surface area (Å²) in [7, 11) is 1.71. The molecule has 2 aromatic heterocycles. The van der Waals surface area contributed by atoms with E-state index in [0.717, 1.165) is 12.8 Å². The first-order valence-corrected chi connectivity index (χ1v) is 16.5. The van der Waals surface area contributed by atoms with Crippen LogP contribution < -0.4 is 0 Å². The highest BCUT2D eigenvalue weighted by molar-refractivity contribution is 6.10. The van der Waals surface area contributed by atoms with Crippen molar-refractivity contribution in [3.63, 3.8) is 0 Å². The molecule has 5 rings (SSSR count). The number of halogens is 1. The van der Waals surface area contributed by atoms with Gasteiger partial charge in [-0.1, -0.05) is 0 Å². The van der Waals surface area contributed by atoms with Crippen LogP contribution in [0.4, 0.5) is 4.39 Å². The lowest BCUT2D eigenvalue weighted by atomic mass is 9.88. The second kappa shape index (κ2) is 15.2. The number of hydrogen-bond donors (Lipinski definition) is 0. The van der Waals surface area contributed by atoms with Crippen LogP contribution in [-0.4, -0.2) is 99.2 Å². The molecular formula is C36H48FN5O5. The SMILES string of the molecule is CCN(C(=O)c1cc(F)ccc1-n1cc(C(=O)C2CCN(C(=O)C3CCCN3C=O)CC2)c2ccncc21)C(C)C.COC(C)(C)C. The van der Waals surface area contributed by atoms with Gasteiger partial charge in [-0.25, -0.2) is 4.39 Å². The van der Waals surface area contributed by atoms with Gasteiger partial charge >= 0.3 is 0 Å². The summed E-state index contributed by atoms with van der Waals surface area (Å²) in [6, 6.07) is 5.42. The van der Waals surface area contributed by atoms with Crippen molar-refractivity contribution in [3.8, 4) is 5.69 Å². The Morgan fingerprint density at radius 3 is 2.36 bits per heavy atom. The van der Waals surface area contributed by atoms with Gasteiger partial charge < -0.3 is 24.0 Å². The molecule has 2 aliphatic rings. The molecule has 0 bridgehead atoms. The first-order valence-electron chi connectivity index (χ1n) is 16.5. The molecule has 0 aliphatic carbocycles. The average molecular weight is 650 g/mol. The Morgan fingerprint density at radius 1 is 1.09 bits per heavy atom. The van der Waals surface area contributed by atoms with E-state index in [4.69, 9.17) is 4.74 Å². The van der Waals surface area contributed by atoms with Crippen LogP contribution in [0.25, 0.3) is 16.6 Å². The average Bonchev–Trinajstić information content (AvgIpc) is 3.69. The number of carbonyl (C=O) groups excluding carboxylic acids is 4. The van der Waals surface area contributed by atoms with Crippen molar-refractivity contribution >= 4 is 34.9 Å². The molecule has 1 aromatic carbocycles. The summed E-state index contributed by atoms with van der Waals surface area (Å²) in [5.74, 6) is -1.15. The normalized spacial score (nSPS) is 17.1. The number of carbonyl (C=O) groups is 4. The second-order valence-electron chi connectivity index (χ2n) is 13.4. The number of benzene rings is 1. The van der Waals surface area contributed by atoms with E-state index in [1.54, 1.807) is 57.1 Å². The lowest BCUT2D eigenvalue weighted by Crippen LogP contribution is -2.48. The predicted octanol–water partition coefficient (Wildman–Crippen LogP) is 5.51. The molecule has 1 atom stereocenters. The summed E-state index contributed by atoms with van der Waals surface area (Å²) in [5, 5.41) is 0.704. The molecule has 47 heavy (non-hydrogen) atoms. The van der Waals surface area contributed by atoms with E-state index in [1.807, 2.05) is 41.5 Å². The van der Waals surface area contributed by atoms with E-state index in [2.05, 4.69) is 4.98 Å². The first kappa shape index (κ1) is 35.7. The summed E-state index contributed by atoms with van der Waals surface area (Å²) in [6.07, 6.45) is 8.28. The van der Waals surface area contributed by atoms with Crippen molar-refractivity contribution in [2.45, 2.75) is 84.9 Å². The smallest absolute Gasteiger partial charge is 0.256 e. The van der Waals surface area contributed by atoms with Gasteiger partial charge in [-0.15, -0.1) is 0 Å². The van der Waals surface area contributed by atoms with E-state index >= 15 is 0 Å². The Hall–Kier alpha value is -4.12. The van der Waals surface area contributed by atoms with Crippen LogP contribution in [0, 0.1) is 11.7 Å². The van der Waals surface area contributed by atoms with Gasteiger partial charge in [-0.05, 0) is 91.5 Å². The molecule has 2 saturated heterocycles. The van der Waals surface area contributed by atoms with Gasteiger partial charge in [0.15, 0.2) is 5.78 Å². The molecule has 0 spiro atoms. The maximum absolute atomic E-state index is 14.4. The van der Waals surface area contributed by atoms with Gasteiger partial charge in [-0.2, -0.15) is 0 Å². The molecule has 10 nitrogen and oxygen atoms in total. The van der Waals surface area contributed by atoms with Gasteiger partial charge in [0, 0.05) is 68.6 Å². The van der Waals surface area contributed by atoms with Crippen molar-refractivity contribution in [2.24, 2.45) is 5.92 Å². The second-order valence-corrected chi connectivity index (χ2v) is 13.4. The van der Waals surface area contributed by atoms with Crippen LogP contribution in [0.3, 0.4) is 0 Å². The summed E-state index contributed by atoms with van der Waals surface area (Å²) < 4.78 is 21.1. The van der Waals surface area contributed by atoms with Crippen molar-refractivity contribution in [3.05, 3.63) is 59.8 Å². The number of aromatic nitrogens is 2. The summed E-state index contributed by atoms with van der Waals surface area (Å²) in [6.45, 7) is 13.8. The number of likely N-dealkylation sites (tertiary alicyclic amines) is 2. The number of fused-ring (bicyclic) bond motifs is 1. The number of methoxy groups -OCH3 is 1. The van der Waals surface area contributed by atoms with Crippen LogP contribution in [0.5, 0.6) is 0 Å². The van der Waals surface area contributed by atoms with Crippen molar-refractivity contribution in [2.75, 3.05) is 33.3 Å². The predicted molar refractivity (Wildman–Crippen MR) is 179 cm³/mol. The molecule has 4 heterocycles. The van der Waals surface area contributed by atoms with E-state index in [9.17, 15) is 23.6 Å². The maximum Gasteiger partial charge on any atom is 0.256 e. The highest BCUT2D eigenvalue weighted by Gasteiger charge is 2.36. The van der Waals surface area contributed by atoms with Gasteiger partial charge in [0.25, 0.3) is 5.91 Å². The lowest BCUT2D eigenvalue weighted by molar-refractivity contribution is -0.140. The number of ketones is 1. The van der Waals surface area contributed by atoms with Crippen molar-refractivity contribution in [1.82, 2.24) is 24.3 Å². The molecule has 0 saturated carbocycles. The minimum absolute atomic E-state index is 0.0326. The number of hydrogen-bond acceptors (Lipinski definition) is 6. The van der Waals surface area contributed by atoms with Crippen LogP contribution in [0.2, 0.25) is 0 Å². The molecule has 254 valence electrons. The molecule has 3 amide bonds. The number of nitrogens with zero attached hydrogens (tertiary/aromatic N) is 5. The number of pyridine rings is 1. The molecule has 2 aliphatic heterocycles. The molecule has 11 heteroatoms. The molecule has 0 radical (unpaired) electrons. The number of ether oxygens (including phenoxy) is 1. The van der Waals surface area contributed by atoms with Crippen LogP contribution in [-0.2, 0) is 14.3 Å².